The number of likely N-dealkylation sites (tertiary alicyclic amines) is 1. The Bertz CT molecular complexity index is 936. The average molecular weight is 389 g/mol. The van der Waals surface area contributed by atoms with Crippen LogP contribution in [0.15, 0.2) is 66.9 Å². The maximum atomic E-state index is 12.7. The largest absolute Gasteiger partial charge is 0.338 e. The number of urea groups is 1. The summed E-state index contributed by atoms with van der Waals surface area (Å²) >= 11 is 0. The summed E-state index contributed by atoms with van der Waals surface area (Å²) < 4.78 is 2.30. The van der Waals surface area contributed by atoms with E-state index in [1.54, 1.807) is 0 Å². The predicted octanol–water partition coefficient (Wildman–Crippen LogP) is 4.45. The van der Waals surface area contributed by atoms with Gasteiger partial charge in [-0.05, 0) is 31.7 Å². The highest BCUT2D eigenvalue weighted by Crippen LogP contribution is 2.29. The lowest BCUT2D eigenvalue weighted by Gasteiger charge is -2.34. The van der Waals surface area contributed by atoms with Crippen molar-refractivity contribution < 1.29 is 4.79 Å². The standard InChI is InChI=1S/C24H28N4O/c1-19-17-26-23(21-11-6-3-7-12-21)28(19)22-13-8-16-27(18-22)24(29)25-15-14-20-9-4-2-5-10-20/h2-7,9-12,17,22H,8,13-16,18H2,1H3,(H,25,29). The minimum absolute atomic E-state index is 0.0321. The number of rotatable bonds is 5. The van der Waals surface area contributed by atoms with Gasteiger partial charge in [0.25, 0.3) is 0 Å². The zero-order valence-electron chi connectivity index (χ0n) is 16.9. The summed E-state index contributed by atoms with van der Waals surface area (Å²) in [5.74, 6) is 0.986. The van der Waals surface area contributed by atoms with Crippen LogP contribution in [0.2, 0.25) is 0 Å². The lowest BCUT2D eigenvalue weighted by Crippen LogP contribution is -2.46. The summed E-state index contributed by atoms with van der Waals surface area (Å²) in [5.41, 5.74) is 3.50. The van der Waals surface area contributed by atoms with E-state index in [0.29, 0.717) is 13.1 Å². The van der Waals surface area contributed by atoms with Gasteiger partial charge in [-0.15, -0.1) is 0 Å². The molecule has 1 atom stereocenters. The van der Waals surface area contributed by atoms with Crippen molar-refractivity contribution in [3.8, 4) is 11.4 Å². The number of imidazole rings is 1. The highest BCUT2D eigenvalue weighted by atomic mass is 16.2. The Morgan fingerprint density at radius 1 is 1.10 bits per heavy atom. The first-order valence-corrected chi connectivity index (χ1v) is 10.4. The quantitative estimate of drug-likeness (QED) is 0.702. The van der Waals surface area contributed by atoms with E-state index in [0.717, 1.165) is 42.9 Å². The van der Waals surface area contributed by atoms with Crippen LogP contribution >= 0.6 is 0 Å². The van der Waals surface area contributed by atoms with Crippen LogP contribution < -0.4 is 5.32 Å². The molecule has 0 saturated carbocycles. The molecule has 1 aromatic heterocycles. The number of nitrogens with one attached hydrogen (secondary N) is 1. The van der Waals surface area contributed by atoms with E-state index in [1.165, 1.54) is 5.56 Å². The number of amides is 2. The van der Waals surface area contributed by atoms with Crippen molar-refractivity contribution in [1.29, 1.82) is 0 Å². The van der Waals surface area contributed by atoms with Gasteiger partial charge in [0.2, 0.25) is 0 Å². The van der Waals surface area contributed by atoms with E-state index >= 15 is 0 Å². The second-order valence-corrected chi connectivity index (χ2v) is 7.67. The Hall–Kier alpha value is -3.08. The van der Waals surface area contributed by atoms with Gasteiger partial charge in [-0.1, -0.05) is 60.7 Å². The molecule has 0 aliphatic carbocycles. The first-order chi connectivity index (χ1) is 14.2. The van der Waals surface area contributed by atoms with Crippen molar-refractivity contribution in [3.05, 3.63) is 78.1 Å². The molecule has 5 nitrogen and oxygen atoms in total. The molecule has 0 radical (unpaired) electrons. The third-order valence-corrected chi connectivity index (χ3v) is 5.60. The van der Waals surface area contributed by atoms with E-state index < -0.39 is 0 Å². The number of hydrogen-bond donors (Lipinski definition) is 1. The van der Waals surface area contributed by atoms with Crippen LogP contribution in [0.3, 0.4) is 0 Å². The van der Waals surface area contributed by atoms with E-state index in [9.17, 15) is 4.79 Å². The fourth-order valence-corrected chi connectivity index (χ4v) is 4.13. The lowest BCUT2D eigenvalue weighted by molar-refractivity contribution is 0.167. The van der Waals surface area contributed by atoms with Crippen LogP contribution in [0.25, 0.3) is 11.4 Å². The number of aryl methyl sites for hydroxylation is 1. The fourth-order valence-electron chi connectivity index (χ4n) is 4.13. The van der Waals surface area contributed by atoms with Crippen molar-refractivity contribution in [2.75, 3.05) is 19.6 Å². The molecule has 1 aliphatic rings. The highest BCUT2D eigenvalue weighted by Gasteiger charge is 2.27. The molecule has 1 aliphatic heterocycles. The van der Waals surface area contributed by atoms with Crippen LogP contribution in [0.1, 0.15) is 30.1 Å². The summed E-state index contributed by atoms with van der Waals surface area (Å²) in [7, 11) is 0. The van der Waals surface area contributed by atoms with E-state index in [-0.39, 0.29) is 12.1 Å². The second kappa shape index (κ2) is 8.95. The molecule has 3 aromatic rings. The van der Waals surface area contributed by atoms with Crippen LogP contribution in [-0.4, -0.2) is 40.1 Å². The smallest absolute Gasteiger partial charge is 0.317 e. The molecular formula is C24H28N4O. The highest BCUT2D eigenvalue weighted by molar-refractivity contribution is 5.74. The van der Waals surface area contributed by atoms with E-state index in [1.807, 2.05) is 47.5 Å². The van der Waals surface area contributed by atoms with Crippen molar-refractivity contribution in [3.63, 3.8) is 0 Å². The van der Waals surface area contributed by atoms with Crippen LogP contribution in [0.4, 0.5) is 4.79 Å². The van der Waals surface area contributed by atoms with Gasteiger partial charge in [0.15, 0.2) is 0 Å². The summed E-state index contributed by atoms with van der Waals surface area (Å²) in [6, 6.07) is 20.8. The fraction of sp³-hybridized carbons (Fsp3) is 0.333. The normalized spacial score (nSPS) is 16.6. The van der Waals surface area contributed by atoms with Gasteiger partial charge in [-0.25, -0.2) is 9.78 Å². The molecule has 2 aromatic carbocycles. The third-order valence-electron chi connectivity index (χ3n) is 5.60. The van der Waals surface area contributed by atoms with E-state index in [4.69, 9.17) is 0 Å². The molecule has 29 heavy (non-hydrogen) atoms. The molecule has 0 bridgehead atoms. The van der Waals surface area contributed by atoms with Crippen molar-refractivity contribution in [1.82, 2.24) is 19.8 Å². The maximum Gasteiger partial charge on any atom is 0.317 e. The monoisotopic (exact) mass is 388 g/mol. The van der Waals surface area contributed by atoms with Gasteiger partial charge in [0.05, 0.1) is 6.04 Å². The molecule has 1 unspecified atom stereocenters. The Balaban J connectivity index is 1.41. The maximum absolute atomic E-state index is 12.7. The molecule has 1 N–H and O–H groups in total. The molecule has 1 fully saturated rings. The first kappa shape index (κ1) is 19.2. The Morgan fingerprint density at radius 2 is 1.83 bits per heavy atom. The van der Waals surface area contributed by atoms with Crippen molar-refractivity contribution in [2.45, 2.75) is 32.2 Å². The SMILES string of the molecule is Cc1cnc(-c2ccccc2)n1C1CCCN(C(=O)NCCc2ccccc2)C1. The summed E-state index contributed by atoms with van der Waals surface area (Å²) in [6.45, 7) is 4.28. The molecule has 150 valence electrons. The van der Waals surface area contributed by atoms with Gasteiger partial charge in [-0.3, -0.25) is 0 Å². The predicted molar refractivity (Wildman–Crippen MR) is 116 cm³/mol. The van der Waals surface area contributed by atoms with Gasteiger partial charge >= 0.3 is 6.03 Å². The zero-order chi connectivity index (χ0) is 20.1. The van der Waals surface area contributed by atoms with Crippen molar-refractivity contribution in [2.24, 2.45) is 0 Å². The number of carbonyl (C=O) groups excluding carboxylic acids is 1. The Labute approximate surface area is 172 Å². The average Bonchev–Trinajstić information content (AvgIpc) is 3.16. The van der Waals surface area contributed by atoms with Gasteiger partial charge in [0, 0.05) is 37.1 Å². The van der Waals surface area contributed by atoms with Crippen LogP contribution in [0.5, 0.6) is 0 Å². The summed E-state index contributed by atoms with van der Waals surface area (Å²) in [5, 5.41) is 3.09. The van der Waals surface area contributed by atoms with E-state index in [2.05, 4.69) is 46.1 Å². The number of nitrogens with zero attached hydrogens (tertiary/aromatic N) is 3. The molecule has 2 heterocycles. The topological polar surface area (TPSA) is 50.2 Å². The minimum atomic E-state index is 0.0321. The number of piperidine rings is 1. The van der Waals surface area contributed by atoms with Gasteiger partial charge in [0.1, 0.15) is 5.82 Å². The number of hydrogen-bond acceptors (Lipinski definition) is 2. The minimum Gasteiger partial charge on any atom is -0.338 e. The molecule has 1 saturated heterocycles. The van der Waals surface area contributed by atoms with Gasteiger partial charge < -0.3 is 14.8 Å². The summed E-state index contributed by atoms with van der Waals surface area (Å²) in [6.07, 6.45) is 4.84. The number of carbonyl (C=O) groups is 1. The molecule has 2 amide bonds. The molecule has 0 spiro atoms. The Kier molecular flexibility index (Phi) is 5.94. The zero-order valence-corrected chi connectivity index (χ0v) is 16.9. The molecular weight excluding hydrogens is 360 g/mol. The third kappa shape index (κ3) is 4.50. The summed E-state index contributed by atoms with van der Waals surface area (Å²) in [4.78, 5) is 19.3. The second-order valence-electron chi connectivity index (χ2n) is 7.67. The van der Waals surface area contributed by atoms with Crippen molar-refractivity contribution >= 4 is 6.03 Å². The molecule has 4 rings (SSSR count). The first-order valence-electron chi connectivity index (χ1n) is 10.4. The lowest BCUT2D eigenvalue weighted by atomic mass is 10.0. The van der Waals surface area contributed by atoms with Crippen LogP contribution in [0, 0.1) is 6.92 Å². The Morgan fingerprint density at radius 3 is 2.59 bits per heavy atom. The van der Waals surface area contributed by atoms with Crippen LogP contribution in [-0.2, 0) is 6.42 Å². The number of benzene rings is 2. The van der Waals surface area contributed by atoms with Gasteiger partial charge in [-0.2, -0.15) is 0 Å². The number of aromatic nitrogens is 2. The molecule has 5 heteroatoms.